The fourth-order valence-electron chi connectivity index (χ4n) is 3.43. The third-order valence-corrected chi connectivity index (χ3v) is 4.62. The predicted octanol–water partition coefficient (Wildman–Crippen LogP) is 4.47. The highest BCUT2D eigenvalue weighted by atomic mass is 14.9. The topological polar surface area (TPSA) is 12.0 Å². The summed E-state index contributed by atoms with van der Waals surface area (Å²) in [7, 11) is 0. The molecule has 17 heavy (non-hydrogen) atoms. The highest BCUT2D eigenvalue weighted by molar-refractivity contribution is 4.84. The molecule has 0 spiro atoms. The van der Waals surface area contributed by atoms with Gasteiger partial charge in [0, 0.05) is 6.04 Å². The third-order valence-electron chi connectivity index (χ3n) is 4.62. The van der Waals surface area contributed by atoms with Crippen molar-refractivity contribution in [3.05, 3.63) is 0 Å². The Labute approximate surface area is 109 Å². The van der Waals surface area contributed by atoms with Crippen LogP contribution in [0.2, 0.25) is 0 Å². The van der Waals surface area contributed by atoms with Gasteiger partial charge in [-0.3, -0.25) is 0 Å². The number of nitrogens with one attached hydrogen (secondary N) is 1. The van der Waals surface area contributed by atoms with Crippen LogP contribution >= 0.6 is 0 Å². The van der Waals surface area contributed by atoms with Crippen molar-refractivity contribution in [2.75, 3.05) is 6.54 Å². The first kappa shape index (κ1) is 15.0. The van der Waals surface area contributed by atoms with E-state index in [1.165, 1.54) is 38.6 Å². The van der Waals surface area contributed by atoms with Gasteiger partial charge in [0.05, 0.1) is 0 Å². The van der Waals surface area contributed by atoms with Crippen LogP contribution in [-0.2, 0) is 0 Å². The summed E-state index contributed by atoms with van der Waals surface area (Å²) < 4.78 is 0. The van der Waals surface area contributed by atoms with Crippen LogP contribution in [0.3, 0.4) is 0 Å². The van der Waals surface area contributed by atoms with Gasteiger partial charge in [0.15, 0.2) is 0 Å². The molecule has 0 aliphatic heterocycles. The highest BCUT2D eigenvalue weighted by Crippen LogP contribution is 2.36. The van der Waals surface area contributed by atoms with Gasteiger partial charge in [0.1, 0.15) is 0 Å². The lowest BCUT2D eigenvalue weighted by molar-refractivity contribution is 0.166. The Bertz CT molecular complexity index is 190. The summed E-state index contributed by atoms with van der Waals surface area (Å²) in [4.78, 5) is 0. The maximum Gasteiger partial charge on any atom is 0.0118 e. The van der Waals surface area contributed by atoms with Crippen molar-refractivity contribution in [1.82, 2.24) is 5.32 Å². The summed E-state index contributed by atoms with van der Waals surface area (Å²) in [6.07, 6.45) is 7.06. The zero-order chi connectivity index (χ0) is 12.8. The first-order chi connectivity index (χ1) is 8.06. The lowest BCUT2D eigenvalue weighted by atomic mass is 9.72. The molecular formula is C16H33N. The summed E-state index contributed by atoms with van der Waals surface area (Å²) in [5, 5.41) is 3.78. The van der Waals surface area contributed by atoms with Crippen molar-refractivity contribution in [2.24, 2.45) is 23.7 Å². The molecule has 1 atom stereocenters. The lowest BCUT2D eigenvalue weighted by Crippen LogP contribution is -2.42. The minimum Gasteiger partial charge on any atom is -0.313 e. The second-order valence-corrected chi connectivity index (χ2v) is 6.64. The molecule has 1 fully saturated rings. The first-order valence-corrected chi connectivity index (χ1v) is 7.79. The first-order valence-electron chi connectivity index (χ1n) is 7.79. The molecule has 1 unspecified atom stereocenters. The summed E-state index contributed by atoms with van der Waals surface area (Å²) in [5.41, 5.74) is 0. The second-order valence-electron chi connectivity index (χ2n) is 6.64. The molecule has 0 bridgehead atoms. The summed E-state index contributed by atoms with van der Waals surface area (Å²) >= 11 is 0. The molecule has 0 aromatic heterocycles. The fraction of sp³-hybridized carbons (Fsp3) is 1.00. The number of hydrogen-bond acceptors (Lipinski definition) is 1. The molecule has 0 aromatic rings. The van der Waals surface area contributed by atoms with E-state index in [0.29, 0.717) is 0 Å². The molecule has 0 radical (unpaired) electrons. The van der Waals surface area contributed by atoms with Gasteiger partial charge in [-0.1, -0.05) is 34.6 Å². The monoisotopic (exact) mass is 239 g/mol. The highest BCUT2D eigenvalue weighted by Gasteiger charge is 2.29. The molecule has 0 aromatic carbocycles. The minimum atomic E-state index is 0.753. The Morgan fingerprint density at radius 2 is 1.47 bits per heavy atom. The SMILES string of the molecule is CCCNC(C(C)C)C1CCC(C(C)C)CC1. The van der Waals surface area contributed by atoms with Crippen molar-refractivity contribution >= 4 is 0 Å². The Morgan fingerprint density at radius 3 is 1.88 bits per heavy atom. The molecule has 102 valence electrons. The Kier molecular flexibility index (Phi) is 6.54. The fourth-order valence-corrected chi connectivity index (χ4v) is 3.43. The van der Waals surface area contributed by atoms with Gasteiger partial charge in [-0.25, -0.2) is 0 Å². The molecule has 0 amide bonds. The van der Waals surface area contributed by atoms with E-state index >= 15 is 0 Å². The van der Waals surface area contributed by atoms with Crippen molar-refractivity contribution in [1.29, 1.82) is 0 Å². The summed E-state index contributed by atoms with van der Waals surface area (Å²) in [5.74, 6) is 3.58. The van der Waals surface area contributed by atoms with Crippen LogP contribution in [0.15, 0.2) is 0 Å². The maximum atomic E-state index is 3.78. The van der Waals surface area contributed by atoms with Gasteiger partial charge in [-0.15, -0.1) is 0 Å². The van der Waals surface area contributed by atoms with Crippen LogP contribution in [-0.4, -0.2) is 12.6 Å². The van der Waals surface area contributed by atoms with Crippen LogP contribution in [0.4, 0.5) is 0 Å². The van der Waals surface area contributed by atoms with Crippen LogP contribution < -0.4 is 5.32 Å². The van der Waals surface area contributed by atoms with Gasteiger partial charge < -0.3 is 5.32 Å². The van der Waals surface area contributed by atoms with Crippen molar-refractivity contribution < 1.29 is 0 Å². The van der Waals surface area contributed by atoms with Crippen molar-refractivity contribution in [3.63, 3.8) is 0 Å². The molecule has 1 aliphatic rings. The maximum absolute atomic E-state index is 3.78. The van der Waals surface area contributed by atoms with E-state index in [1.807, 2.05) is 0 Å². The van der Waals surface area contributed by atoms with Gasteiger partial charge in [-0.05, 0) is 62.3 Å². The van der Waals surface area contributed by atoms with Crippen LogP contribution in [0.5, 0.6) is 0 Å². The van der Waals surface area contributed by atoms with Crippen LogP contribution in [0, 0.1) is 23.7 Å². The van der Waals surface area contributed by atoms with Crippen molar-refractivity contribution in [2.45, 2.75) is 72.8 Å². The van der Waals surface area contributed by atoms with E-state index in [-0.39, 0.29) is 0 Å². The predicted molar refractivity (Wildman–Crippen MR) is 77.2 cm³/mol. The van der Waals surface area contributed by atoms with Crippen molar-refractivity contribution in [3.8, 4) is 0 Å². The zero-order valence-electron chi connectivity index (χ0n) is 12.6. The normalized spacial score (nSPS) is 27.7. The van der Waals surface area contributed by atoms with E-state index < -0.39 is 0 Å². The van der Waals surface area contributed by atoms with Gasteiger partial charge in [-0.2, -0.15) is 0 Å². The Hall–Kier alpha value is -0.0400. The molecule has 1 N–H and O–H groups in total. The van der Waals surface area contributed by atoms with E-state index in [2.05, 4.69) is 39.9 Å². The Morgan fingerprint density at radius 1 is 0.941 bits per heavy atom. The van der Waals surface area contributed by atoms with E-state index in [9.17, 15) is 0 Å². The van der Waals surface area contributed by atoms with Gasteiger partial charge in [0.2, 0.25) is 0 Å². The van der Waals surface area contributed by atoms with Crippen LogP contribution in [0.1, 0.15) is 66.7 Å². The van der Waals surface area contributed by atoms with E-state index in [1.54, 1.807) is 0 Å². The average Bonchev–Trinajstić information content (AvgIpc) is 2.29. The van der Waals surface area contributed by atoms with E-state index in [0.717, 1.165) is 29.7 Å². The average molecular weight is 239 g/mol. The molecule has 1 rings (SSSR count). The van der Waals surface area contributed by atoms with Gasteiger partial charge >= 0.3 is 0 Å². The molecule has 0 heterocycles. The van der Waals surface area contributed by atoms with E-state index in [4.69, 9.17) is 0 Å². The summed E-state index contributed by atoms with van der Waals surface area (Å²) in [6, 6.07) is 0.753. The largest absolute Gasteiger partial charge is 0.313 e. The number of rotatable bonds is 6. The minimum absolute atomic E-state index is 0.753. The zero-order valence-corrected chi connectivity index (χ0v) is 12.6. The smallest absolute Gasteiger partial charge is 0.0118 e. The molecular weight excluding hydrogens is 206 g/mol. The molecule has 1 heteroatoms. The third kappa shape index (κ3) is 4.62. The van der Waals surface area contributed by atoms with Crippen LogP contribution in [0.25, 0.3) is 0 Å². The quantitative estimate of drug-likeness (QED) is 0.721. The lowest BCUT2D eigenvalue weighted by Gasteiger charge is -2.37. The second kappa shape index (κ2) is 7.41. The molecule has 1 aliphatic carbocycles. The molecule has 1 nitrogen and oxygen atoms in total. The molecule has 1 saturated carbocycles. The summed E-state index contributed by atoms with van der Waals surface area (Å²) in [6.45, 7) is 13.0. The number of hydrogen-bond donors (Lipinski definition) is 1. The standard InChI is InChI=1S/C16H33N/c1-6-11-17-16(13(4)5)15-9-7-14(8-10-15)12(2)3/h12-17H,6-11H2,1-5H3. The molecule has 0 saturated heterocycles. The van der Waals surface area contributed by atoms with Gasteiger partial charge in [0.25, 0.3) is 0 Å². The Balaban J connectivity index is 2.43.